The summed E-state index contributed by atoms with van der Waals surface area (Å²) in [4.78, 5) is 0. The summed E-state index contributed by atoms with van der Waals surface area (Å²) in [6.07, 6.45) is 3.22. The fourth-order valence-corrected chi connectivity index (χ4v) is 1.000. The normalized spacial score (nSPS) is 13.6. The molecule has 0 rings (SSSR count). The lowest BCUT2D eigenvalue weighted by atomic mass is 9.88. The van der Waals surface area contributed by atoms with E-state index in [0.29, 0.717) is 5.41 Å². The van der Waals surface area contributed by atoms with Crippen molar-refractivity contribution < 1.29 is 0 Å². The molecule has 0 aliphatic heterocycles. The predicted molar refractivity (Wildman–Crippen MR) is 50.1 cm³/mol. The van der Waals surface area contributed by atoms with Gasteiger partial charge in [0.2, 0.25) is 0 Å². The number of nitrogens with two attached hydrogens (primary N) is 2. The van der Waals surface area contributed by atoms with Crippen LogP contribution in [0, 0.1) is 5.41 Å². The zero-order valence-electron chi connectivity index (χ0n) is 8.28. The Morgan fingerprint density at radius 2 is 1.36 bits per heavy atom. The van der Waals surface area contributed by atoms with E-state index in [1.165, 1.54) is 6.42 Å². The Morgan fingerprint density at radius 3 is 1.64 bits per heavy atom. The van der Waals surface area contributed by atoms with E-state index in [1.54, 1.807) is 0 Å². The molecule has 0 unspecified atom stereocenters. The SMILES string of the molecule is CC(C)(C)CCCC(C)(N)N. The summed E-state index contributed by atoms with van der Waals surface area (Å²) in [5.74, 6) is 0. The highest BCUT2D eigenvalue weighted by atomic mass is 14.9. The monoisotopic (exact) mass is 158 g/mol. The highest BCUT2D eigenvalue weighted by Gasteiger charge is 2.14. The van der Waals surface area contributed by atoms with Gasteiger partial charge >= 0.3 is 0 Å². The molecule has 0 radical (unpaired) electrons. The topological polar surface area (TPSA) is 52.0 Å². The van der Waals surface area contributed by atoms with Crippen LogP contribution in [0.5, 0.6) is 0 Å². The van der Waals surface area contributed by atoms with E-state index < -0.39 is 5.66 Å². The molecule has 0 aromatic rings. The molecule has 0 amide bonds. The van der Waals surface area contributed by atoms with Crippen molar-refractivity contribution in [2.45, 2.75) is 52.6 Å². The fourth-order valence-electron chi connectivity index (χ4n) is 1.000. The van der Waals surface area contributed by atoms with Gasteiger partial charge < -0.3 is 11.5 Å². The van der Waals surface area contributed by atoms with Gasteiger partial charge in [-0.05, 0) is 31.6 Å². The van der Waals surface area contributed by atoms with E-state index >= 15 is 0 Å². The lowest BCUT2D eigenvalue weighted by molar-refractivity contribution is 0.329. The zero-order valence-corrected chi connectivity index (χ0v) is 8.28. The minimum atomic E-state index is -0.481. The minimum Gasteiger partial charge on any atom is -0.314 e. The van der Waals surface area contributed by atoms with Crippen LogP contribution in [-0.4, -0.2) is 5.66 Å². The Balaban J connectivity index is 3.44. The van der Waals surface area contributed by atoms with Gasteiger partial charge in [-0.25, -0.2) is 0 Å². The Bertz CT molecular complexity index is 91.7. The maximum absolute atomic E-state index is 5.64. The number of hydrogen-bond acceptors (Lipinski definition) is 2. The minimum absolute atomic E-state index is 0.408. The molecule has 0 aliphatic carbocycles. The van der Waals surface area contributed by atoms with Crippen molar-refractivity contribution in [2.75, 3.05) is 0 Å². The standard InChI is InChI=1S/C9H22N2/c1-8(2,3)6-5-7-9(4,10)11/h5-7,10-11H2,1-4H3. The fraction of sp³-hybridized carbons (Fsp3) is 1.00. The van der Waals surface area contributed by atoms with Gasteiger partial charge in [-0.1, -0.05) is 20.8 Å². The molecular weight excluding hydrogens is 136 g/mol. The molecule has 0 bridgehead atoms. The Labute approximate surface area is 70.3 Å². The third-order valence-electron chi connectivity index (χ3n) is 1.64. The quantitative estimate of drug-likeness (QED) is 0.616. The molecule has 2 nitrogen and oxygen atoms in total. The van der Waals surface area contributed by atoms with Crippen molar-refractivity contribution in [1.82, 2.24) is 0 Å². The first-order valence-electron chi connectivity index (χ1n) is 4.28. The van der Waals surface area contributed by atoms with Gasteiger partial charge in [-0.15, -0.1) is 0 Å². The van der Waals surface area contributed by atoms with Crippen molar-refractivity contribution in [1.29, 1.82) is 0 Å². The van der Waals surface area contributed by atoms with Crippen LogP contribution in [-0.2, 0) is 0 Å². The van der Waals surface area contributed by atoms with E-state index in [0.717, 1.165) is 12.8 Å². The van der Waals surface area contributed by atoms with Crippen LogP contribution in [0.3, 0.4) is 0 Å². The smallest absolute Gasteiger partial charge is 0.0607 e. The van der Waals surface area contributed by atoms with E-state index in [9.17, 15) is 0 Å². The number of hydrogen-bond donors (Lipinski definition) is 2. The van der Waals surface area contributed by atoms with Gasteiger partial charge in [0.25, 0.3) is 0 Å². The van der Waals surface area contributed by atoms with Crippen molar-refractivity contribution >= 4 is 0 Å². The Morgan fingerprint density at radius 1 is 0.909 bits per heavy atom. The Kier molecular flexibility index (Phi) is 3.52. The molecule has 0 aromatic heterocycles. The van der Waals surface area contributed by atoms with Crippen LogP contribution in [0.1, 0.15) is 47.0 Å². The summed E-state index contributed by atoms with van der Waals surface area (Å²) in [7, 11) is 0. The first-order valence-corrected chi connectivity index (χ1v) is 4.28. The molecule has 4 N–H and O–H groups in total. The molecule has 68 valence electrons. The third-order valence-corrected chi connectivity index (χ3v) is 1.64. The van der Waals surface area contributed by atoms with Crippen molar-refractivity contribution in [3.05, 3.63) is 0 Å². The first-order chi connectivity index (χ1) is 4.71. The summed E-state index contributed by atoms with van der Waals surface area (Å²) in [5, 5.41) is 0. The van der Waals surface area contributed by atoms with Gasteiger partial charge in [0.1, 0.15) is 0 Å². The van der Waals surface area contributed by atoms with Crippen LogP contribution in [0.25, 0.3) is 0 Å². The van der Waals surface area contributed by atoms with Crippen LogP contribution in [0.4, 0.5) is 0 Å². The maximum Gasteiger partial charge on any atom is 0.0607 e. The average Bonchev–Trinajstić information content (AvgIpc) is 1.55. The second-order valence-electron chi connectivity index (χ2n) is 4.92. The molecule has 0 saturated carbocycles. The van der Waals surface area contributed by atoms with Gasteiger partial charge in [-0.3, -0.25) is 0 Å². The lowest BCUT2D eigenvalue weighted by Crippen LogP contribution is -2.45. The molecule has 11 heavy (non-hydrogen) atoms. The van der Waals surface area contributed by atoms with Gasteiger partial charge in [0, 0.05) is 0 Å². The zero-order chi connectivity index (χ0) is 9.12. The van der Waals surface area contributed by atoms with Gasteiger partial charge in [0.15, 0.2) is 0 Å². The van der Waals surface area contributed by atoms with Crippen molar-refractivity contribution in [2.24, 2.45) is 16.9 Å². The molecule has 0 spiro atoms. The summed E-state index contributed by atoms with van der Waals surface area (Å²) in [5.41, 5.74) is 11.2. The van der Waals surface area contributed by atoms with E-state index in [4.69, 9.17) is 11.5 Å². The largest absolute Gasteiger partial charge is 0.314 e. The van der Waals surface area contributed by atoms with Gasteiger partial charge in [0.05, 0.1) is 5.66 Å². The molecule has 0 heterocycles. The highest BCUT2D eigenvalue weighted by molar-refractivity contribution is 4.71. The van der Waals surface area contributed by atoms with Gasteiger partial charge in [-0.2, -0.15) is 0 Å². The summed E-state index contributed by atoms with van der Waals surface area (Å²) < 4.78 is 0. The predicted octanol–water partition coefficient (Wildman–Crippen LogP) is 1.84. The second-order valence-corrected chi connectivity index (χ2v) is 4.92. The molecule has 0 aromatic carbocycles. The van der Waals surface area contributed by atoms with E-state index in [1.807, 2.05) is 6.92 Å². The molecule has 0 fully saturated rings. The Hall–Kier alpha value is -0.0800. The molecule has 0 atom stereocenters. The molecule has 2 heteroatoms. The van der Waals surface area contributed by atoms with E-state index in [2.05, 4.69) is 20.8 Å². The maximum atomic E-state index is 5.64. The third kappa shape index (κ3) is 9.92. The van der Waals surface area contributed by atoms with Crippen molar-refractivity contribution in [3.63, 3.8) is 0 Å². The van der Waals surface area contributed by atoms with Crippen LogP contribution < -0.4 is 11.5 Å². The molecular formula is C9H22N2. The van der Waals surface area contributed by atoms with Crippen LogP contribution >= 0.6 is 0 Å². The van der Waals surface area contributed by atoms with E-state index in [-0.39, 0.29) is 0 Å². The lowest BCUT2D eigenvalue weighted by Gasteiger charge is -2.22. The summed E-state index contributed by atoms with van der Waals surface area (Å²) >= 11 is 0. The van der Waals surface area contributed by atoms with Crippen LogP contribution in [0.2, 0.25) is 0 Å². The average molecular weight is 158 g/mol. The summed E-state index contributed by atoms with van der Waals surface area (Å²) in [6.45, 7) is 8.57. The van der Waals surface area contributed by atoms with Crippen LogP contribution in [0.15, 0.2) is 0 Å². The number of rotatable bonds is 3. The first kappa shape index (κ1) is 10.9. The van der Waals surface area contributed by atoms with Crippen molar-refractivity contribution in [3.8, 4) is 0 Å². The molecule has 0 saturated heterocycles. The summed E-state index contributed by atoms with van der Waals surface area (Å²) in [6, 6.07) is 0. The highest BCUT2D eigenvalue weighted by Crippen LogP contribution is 2.22. The second kappa shape index (κ2) is 3.55. The molecule has 0 aliphatic rings.